The molecule has 0 bridgehead atoms. The Morgan fingerprint density at radius 2 is 1.88 bits per heavy atom. The molecular formula is C16H21N. The van der Waals surface area contributed by atoms with Crippen molar-refractivity contribution < 1.29 is 0 Å². The number of unbranched alkanes of at least 4 members (excludes halogenated alkanes) is 3. The second kappa shape index (κ2) is 5.72. The van der Waals surface area contributed by atoms with Gasteiger partial charge in [0.05, 0.1) is 0 Å². The summed E-state index contributed by atoms with van der Waals surface area (Å²) in [7, 11) is 0. The van der Waals surface area contributed by atoms with E-state index in [4.69, 9.17) is 5.73 Å². The van der Waals surface area contributed by atoms with Crippen LogP contribution in [0.4, 0.5) is 5.69 Å². The van der Waals surface area contributed by atoms with Gasteiger partial charge in [0, 0.05) is 11.1 Å². The van der Waals surface area contributed by atoms with Crippen LogP contribution in [-0.2, 0) is 6.42 Å². The first-order chi connectivity index (χ1) is 8.31. The first kappa shape index (κ1) is 12.0. The summed E-state index contributed by atoms with van der Waals surface area (Å²) in [6, 6.07) is 12.8. The lowest BCUT2D eigenvalue weighted by Crippen LogP contribution is -1.89. The van der Waals surface area contributed by atoms with Crippen molar-refractivity contribution in [2.24, 2.45) is 0 Å². The lowest BCUT2D eigenvalue weighted by Gasteiger charge is -2.05. The number of nitrogen functional groups attached to an aromatic ring is 1. The third-order valence-corrected chi connectivity index (χ3v) is 3.30. The fourth-order valence-corrected chi connectivity index (χ4v) is 2.27. The molecule has 0 saturated carbocycles. The molecule has 2 aromatic carbocycles. The first-order valence-electron chi connectivity index (χ1n) is 6.58. The van der Waals surface area contributed by atoms with Crippen molar-refractivity contribution in [3.8, 4) is 0 Å². The van der Waals surface area contributed by atoms with E-state index in [1.54, 1.807) is 0 Å². The number of aryl methyl sites for hydroxylation is 1. The molecule has 90 valence electrons. The fraction of sp³-hybridized carbons (Fsp3) is 0.375. The number of nitrogens with two attached hydrogens (primary N) is 1. The zero-order chi connectivity index (χ0) is 12.1. The van der Waals surface area contributed by atoms with Crippen molar-refractivity contribution in [3.05, 3.63) is 42.0 Å². The molecule has 0 fully saturated rings. The summed E-state index contributed by atoms with van der Waals surface area (Å²) in [5, 5.41) is 2.43. The lowest BCUT2D eigenvalue weighted by molar-refractivity contribution is 0.667. The van der Waals surface area contributed by atoms with Crippen LogP contribution in [0.1, 0.15) is 38.2 Å². The van der Waals surface area contributed by atoms with E-state index >= 15 is 0 Å². The van der Waals surface area contributed by atoms with Crippen LogP contribution in [0.2, 0.25) is 0 Å². The van der Waals surface area contributed by atoms with Gasteiger partial charge in [-0.1, -0.05) is 56.5 Å². The number of rotatable bonds is 5. The van der Waals surface area contributed by atoms with Gasteiger partial charge in [-0.25, -0.2) is 0 Å². The third kappa shape index (κ3) is 3.00. The number of fused-ring (bicyclic) bond motifs is 1. The summed E-state index contributed by atoms with van der Waals surface area (Å²) in [5.41, 5.74) is 8.25. The molecule has 0 atom stereocenters. The van der Waals surface area contributed by atoms with Gasteiger partial charge in [-0.15, -0.1) is 0 Å². The Labute approximate surface area is 104 Å². The van der Waals surface area contributed by atoms with Gasteiger partial charge in [0.25, 0.3) is 0 Å². The molecule has 0 aliphatic carbocycles. The van der Waals surface area contributed by atoms with Crippen molar-refractivity contribution in [3.63, 3.8) is 0 Å². The van der Waals surface area contributed by atoms with Crippen LogP contribution in [0.25, 0.3) is 10.8 Å². The topological polar surface area (TPSA) is 26.0 Å². The standard InChI is InChI=1S/C16H21N/c1-2-3-4-5-7-13-10-11-15-14(12-13)8-6-9-16(15)17/h6,8-12H,2-5,7,17H2,1H3. The van der Waals surface area contributed by atoms with Crippen molar-refractivity contribution in [1.29, 1.82) is 0 Å². The number of hydrogen-bond donors (Lipinski definition) is 1. The number of benzene rings is 2. The van der Waals surface area contributed by atoms with Gasteiger partial charge in [-0.05, 0) is 29.9 Å². The van der Waals surface area contributed by atoms with Crippen LogP contribution in [-0.4, -0.2) is 0 Å². The van der Waals surface area contributed by atoms with E-state index in [0.717, 1.165) is 5.69 Å². The molecule has 0 aliphatic rings. The van der Waals surface area contributed by atoms with Crippen molar-refractivity contribution >= 4 is 16.5 Å². The minimum Gasteiger partial charge on any atom is -0.398 e. The number of hydrogen-bond acceptors (Lipinski definition) is 1. The summed E-state index contributed by atoms with van der Waals surface area (Å²) in [5.74, 6) is 0. The SMILES string of the molecule is CCCCCCc1ccc2c(N)cccc2c1. The Morgan fingerprint density at radius 3 is 2.71 bits per heavy atom. The summed E-state index contributed by atoms with van der Waals surface area (Å²) in [6.45, 7) is 2.25. The van der Waals surface area contributed by atoms with Gasteiger partial charge >= 0.3 is 0 Å². The molecule has 1 heteroatoms. The monoisotopic (exact) mass is 227 g/mol. The van der Waals surface area contributed by atoms with Crippen LogP contribution in [0.3, 0.4) is 0 Å². The zero-order valence-electron chi connectivity index (χ0n) is 10.6. The average molecular weight is 227 g/mol. The fourth-order valence-electron chi connectivity index (χ4n) is 2.27. The second-order valence-corrected chi connectivity index (χ2v) is 4.71. The van der Waals surface area contributed by atoms with E-state index in [1.165, 1.54) is 48.4 Å². The first-order valence-corrected chi connectivity index (χ1v) is 6.58. The Hall–Kier alpha value is -1.50. The zero-order valence-corrected chi connectivity index (χ0v) is 10.6. The average Bonchev–Trinajstić information content (AvgIpc) is 2.35. The van der Waals surface area contributed by atoms with Crippen molar-refractivity contribution in [2.45, 2.75) is 39.0 Å². The molecule has 0 amide bonds. The Bertz CT molecular complexity index is 488. The largest absolute Gasteiger partial charge is 0.398 e. The van der Waals surface area contributed by atoms with Gasteiger partial charge in [-0.2, -0.15) is 0 Å². The quantitative estimate of drug-likeness (QED) is 0.588. The molecule has 0 spiro atoms. The predicted molar refractivity (Wildman–Crippen MR) is 76.2 cm³/mol. The maximum Gasteiger partial charge on any atom is 0.0393 e. The van der Waals surface area contributed by atoms with Gasteiger partial charge in [0.1, 0.15) is 0 Å². The summed E-state index contributed by atoms with van der Waals surface area (Å²) >= 11 is 0. The molecular weight excluding hydrogens is 206 g/mol. The van der Waals surface area contributed by atoms with E-state index in [-0.39, 0.29) is 0 Å². The van der Waals surface area contributed by atoms with Crippen LogP contribution in [0.5, 0.6) is 0 Å². The van der Waals surface area contributed by atoms with E-state index in [0.29, 0.717) is 0 Å². The number of anilines is 1. The van der Waals surface area contributed by atoms with Gasteiger partial charge < -0.3 is 5.73 Å². The molecule has 0 radical (unpaired) electrons. The van der Waals surface area contributed by atoms with Crippen LogP contribution in [0, 0.1) is 0 Å². The van der Waals surface area contributed by atoms with E-state index in [1.807, 2.05) is 12.1 Å². The van der Waals surface area contributed by atoms with E-state index < -0.39 is 0 Å². The molecule has 0 saturated heterocycles. The molecule has 1 nitrogen and oxygen atoms in total. The molecule has 2 N–H and O–H groups in total. The second-order valence-electron chi connectivity index (χ2n) is 4.71. The van der Waals surface area contributed by atoms with Crippen LogP contribution in [0.15, 0.2) is 36.4 Å². The minimum atomic E-state index is 0.875. The van der Waals surface area contributed by atoms with Crippen molar-refractivity contribution in [1.82, 2.24) is 0 Å². The highest BCUT2D eigenvalue weighted by Gasteiger charge is 1.99. The predicted octanol–water partition coefficient (Wildman–Crippen LogP) is 4.54. The highest BCUT2D eigenvalue weighted by atomic mass is 14.5. The van der Waals surface area contributed by atoms with Gasteiger partial charge in [0.2, 0.25) is 0 Å². The Balaban J connectivity index is 2.10. The summed E-state index contributed by atoms with van der Waals surface area (Å²) < 4.78 is 0. The smallest absolute Gasteiger partial charge is 0.0393 e. The highest BCUT2D eigenvalue weighted by molar-refractivity contribution is 5.93. The minimum absolute atomic E-state index is 0.875. The summed E-state index contributed by atoms with van der Waals surface area (Å²) in [4.78, 5) is 0. The van der Waals surface area contributed by atoms with Gasteiger partial charge in [-0.3, -0.25) is 0 Å². The van der Waals surface area contributed by atoms with Crippen LogP contribution >= 0.6 is 0 Å². The maximum absolute atomic E-state index is 5.95. The Morgan fingerprint density at radius 1 is 1.00 bits per heavy atom. The van der Waals surface area contributed by atoms with Crippen LogP contribution < -0.4 is 5.73 Å². The lowest BCUT2D eigenvalue weighted by atomic mass is 10.0. The van der Waals surface area contributed by atoms with Gasteiger partial charge in [0.15, 0.2) is 0 Å². The normalized spacial score (nSPS) is 10.9. The molecule has 0 heterocycles. The molecule has 0 aliphatic heterocycles. The van der Waals surface area contributed by atoms with Crippen molar-refractivity contribution in [2.75, 3.05) is 5.73 Å². The molecule has 17 heavy (non-hydrogen) atoms. The molecule has 0 unspecified atom stereocenters. The van der Waals surface area contributed by atoms with E-state index in [9.17, 15) is 0 Å². The highest BCUT2D eigenvalue weighted by Crippen LogP contribution is 2.22. The summed E-state index contributed by atoms with van der Waals surface area (Å²) in [6.07, 6.45) is 6.46. The third-order valence-electron chi connectivity index (χ3n) is 3.30. The molecule has 0 aromatic heterocycles. The molecule has 2 aromatic rings. The van der Waals surface area contributed by atoms with E-state index in [2.05, 4.69) is 31.2 Å². The molecule has 2 rings (SSSR count). The Kier molecular flexibility index (Phi) is 4.03. The maximum atomic E-state index is 5.95.